The predicted molar refractivity (Wildman–Crippen MR) is 96.8 cm³/mol. The molecule has 0 unspecified atom stereocenters. The van der Waals surface area contributed by atoms with Gasteiger partial charge in [0.1, 0.15) is 11.5 Å². The summed E-state index contributed by atoms with van der Waals surface area (Å²) in [6.45, 7) is 0. The molecule has 10 heteroatoms. The molecule has 9 nitrogen and oxygen atoms in total. The van der Waals surface area contributed by atoms with Crippen LogP contribution in [0.2, 0.25) is 0 Å². The third-order valence-corrected chi connectivity index (χ3v) is 4.32. The Labute approximate surface area is 153 Å². The predicted octanol–water partition coefficient (Wildman–Crippen LogP) is 2.00. The maximum absolute atomic E-state index is 12.2. The zero-order valence-electron chi connectivity index (χ0n) is 14.1. The second kappa shape index (κ2) is 7.83. The van der Waals surface area contributed by atoms with Gasteiger partial charge >= 0.3 is 0 Å². The van der Waals surface area contributed by atoms with E-state index in [9.17, 15) is 4.79 Å². The lowest BCUT2D eigenvalue weighted by Gasteiger charge is -2.09. The van der Waals surface area contributed by atoms with Crippen LogP contribution in [-0.4, -0.2) is 40.8 Å². The lowest BCUT2D eigenvalue weighted by Crippen LogP contribution is -2.16. The van der Waals surface area contributed by atoms with E-state index in [-0.39, 0.29) is 11.7 Å². The fraction of sp³-hybridized carbons (Fsp3) is 0.188. The third kappa shape index (κ3) is 3.91. The molecule has 0 aliphatic carbocycles. The second-order valence-corrected chi connectivity index (χ2v) is 6.03. The number of hydrogen-bond donors (Lipinski definition) is 2. The summed E-state index contributed by atoms with van der Waals surface area (Å²) in [6.07, 6.45) is 1.52. The molecule has 0 saturated heterocycles. The van der Waals surface area contributed by atoms with Crippen molar-refractivity contribution >= 4 is 23.4 Å². The van der Waals surface area contributed by atoms with Crippen LogP contribution >= 0.6 is 11.8 Å². The van der Waals surface area contributed by atoms with Gasteiger partial charge in [0.15, 0.2) is 5.76 Å². The molecule has 3 aromatic rings. The van der Waals surface area contributed by atoms with Gasteiger partial charge in [-0.1, -0.05) is 11.8 Å². The summed E-state index contributed by atoms with van der Waals surface area (Å²) in [7, 11) is 3.09. The van der Waals surface area contributed by atoms with Crippen molar-refractivity contribution in [2.45, 2.75) is 5.16 Å². The number of nitrogens with two attached hydrogens (primary N) is 1. The molecule has 136 valence electrons. The Morgan fingerprint density at radius 3 is 2.62 bits per heavy atom. The van der Waals surface area contributed by atoms with E-state index in [0.29, 0.717) is 33.9 Å². The molecule has 3 rings (SSSR count). The van der Waals surface area contributed by atoms with Gasteiger partial charge in [0.2, 0.25) is 16.9 Å². The van der Waals surface area contributed by atoms with E-state index in [1.165, 1.54) is 10.9 Å². The molecule has 0 atom stereocenters. The van der Waals surface area contributed by atoms with Crippen LogP contribution < -0.4 is 20.6 Å². The van der Waals surface area contributed by atoms with E-state index in [2.05, 4.69) is 15.5 Å². The molecule has 3 N–H and O–H groups in total. The summed E-state index contributed by atoms with van der Waals surface area (Å²) >= 11 is 1.16. The van der Waals surface area contributed by atoms with Crippen LogP contribution in [0.4, 0.5) is 5.69 Å². The third-order valence-electron chi connectivity index (χ3n) is 3.37. The highest BCUT2D eigenvalue weighted by Crippen LogP contribution is 2.26. The number of carbonyl (C=O) groups is 1. The highest BCUT2D eigenvalue weighted by atomic mass is 32.2. The number of thioether (sulfide) groups is 1. The van der Waals surface area contributed by atoms with Crippen molar-refractivity contribution in [3.8, 4) is 23.1 Å². The Hall–Kier alpha value is -3.14. The summed E-state index contributed by atoms with van der Waals surface area (Å²) in [4.78, 5) is 12.2. The number of nitrogens with one attached hydrogen (secondary N) is 1. The zero-order valence-corrected chi connectivity index (χ0v) is 14.9. The van der Waals surface area contributed by atoms with E-state index in [4.69, 9.17) is 19.7 Å². The van der Waals surface area contributed by atoms with E-state index in [1.807, 2.05) is 0 Å². The van der Waals surface area contributed by atoms with Crippen LogP contribution in [0.25, 0.3) is 11.6 Å². The molecule has 0 aliphatic heterocycles. The second-order valence-electron chi connectivity index (χ2n) is 5.09. The molecule has 1 amide bonds. The van der Waals surface area contributed by atoms with Crippen molar-refractivity contribution in [3.63, 3.8) is 0 Å². The lowest BCUT2D eigenvalue weighted by atomic mass is 10.2. The molecule has 0 aliphatic rings. The first kappa shape index (κ1) is 17.7. The Kier molecular flexibility index (Phi) is 5.32. The van der Waals surface area contributed by atoms with Gasteiger partial charge in [0, 0.05) is 23.9 Å². The first-order valence-electron chi connectivity index (χ1n) is 7.51. The summed E-state index contributed by atoms with van der Waals surface area (Å²) in [5.41, 5.74) is 0.567. The monoisotopic (exact) mass is 375 g/mol. The highest BCUT2D eigenvalue weighted by molar-refractivity contribution is 7.99. The quantitative estimate of drug-likeness (QED) is 0.476. The summed E-state index contributed by atoms with van der Waals surface area (Å²) in [6, 6.07) is 8.58. The van der Waals surface area contributed by atoms with Crippen LogP contribution in [-0.2, 0) is 4.79 Å². The molecule has 26 heavy (non-hydrogen) atoms. The van der Waals surface area contributed by atoms with Crippen LogP contribution in [0.3, 0.4) is 0 Å². The molecular formula is C16H17N5O4S. The van der Waals surface area contributed by atoms with Crippen LogP contribution in [0.15, 0.2) is 46.2 Å². The number of carbonyl (C=O) groups excluding carboxylic acids is 1. The normalized spacial score (nSPS) is 10.5. The molecule has 2 heterocycles. The number of aromatic nitrogens is 3. The maximum atomic E-state index is 12.2. The molecule has 0 saturated carbocycles. The van der Waals surface area contributed by atoms with Crippen LogP contribution in [0.1, 0.15) is 0 Å². The topological polar surface area (TPSA) is 117 Å². The van der Waals surface area contributed by atoms with Crippen molar-refractivity contribution in [2.75, 3.05) is 31.1 Å². The Morgan fingerprint density at radius 2 is 2.00 bits per heavy atom. The van der Waals surface area contributed by atoms with Gasteiger partial charge in [-0.25, -0.2) is 4.68 Å². The van der Waals surface area contributed by atoms with Crippen LogP contribution in [0, 0.1) is 0 Å². The number of nitrogen functional groups attached to an aromatic ring is 1. The van der Waals surface area contributed by atoms with Crippen molar-refractivity contribution in [2.24, 2.45) is 0 Å². The number of hydrogen-bond acceptors (Lipinski definition) is 8. The van der Waals surface area contributed by atoms with Gasteiger partial charge in [0.25, 0.3) is 0 Å². The molecule has 2 aromatic heterocycles. The summed E-state index contributed by atoms with van der Waals surface area (Å²) < 4.78 is 16.9. The molecule has 1 aromatic carbocycles. The largest absolute Gasteiger partial charge is 0.497 e. The molecule has 0 bridgehead atoms. The lowest BCUT2D eigenvalue weighted by molar-refractivity contribution is -0.113. The average Bonchev–Trinajstić information content (AvgIpc) is 3.29. The van der Waals surface area contributed by atoms with Crippen molar-refractivity contribution in [1.29, 1.82) is 0 Å². The van der Waals surface area contributed by atoms with Crippen molar-refractivity contribution < 1.29 is 18.7 Å². The average molecular weight is 375 g/mol. The van der Waals surface area contributed by atoms with E-state index < -0.39 is 0 Å². The Morgan fingerprint density at radius 1 is 1.27 bits per heavy atom. The number of anilines is 1. The SMILES string of the molecule is COc1cc(NC(=O)CSc2nnc(-c3ccco3)n2N)cc(OC)c1. The minimum Gasteiger partial charge on any atom is -0.497 e. The van der Waals surface area contributed by atoms with Gasteiger partial charge < -0.3 is 25.1 Å². The van der Waals surface area contributed by atoms with E-state index in [0.717, 1.165) is 11.8 Å². The summed E-state index contributed by atoms with van der Waals surface area (Å²) in [5.74, 6) is 7.88. The number of amides is 1. The minimum atomic E-state index is -0.229. The molecule has 0 spiro atoms. The maximum Gasteiger partial charge on any atom is 0.234 e. The van der Waals surface area contributed by atoms with E-state index >= 15 is 0 Å². The Bertz CT molecular complexity index is 872. The number of rotatable bonds is 7. The van der Waals surface area contributed by atoms with E-state index in [1.54, 1.807) is 44.6 Å². The van der Waals surface area contributed by atoms with Gasteiger partial charge in [-0.3, -0.25) is 4.79 Å². The van der Waals surface area contributed by atoms with Crippen molar-refractivity contribution in [1.82, 2.24) is 14.9 Å². The smallest absolute Gasteiger partial charge is 0.234 e. The van der Waals surface area contributed by atoms with Gasteiger partial charge in [-0.15, -0.1) is 10.2 Å². The molecule has 0 radical (unpaired) electrons. The number of ether oxygens (including phenoxy) is 2. The van der Waals surface area contributed by atoms with Crippen LogP contribution in [0.5, 0.6) is 11.5 Å². The van der Waals surface area contributed by atoms with Gasteiger partial charge in [-0.05, 0) is 12.1 Å². The first-order valence-corrected chi connectivity index (χ1v) is 8.49. The Balaban J connectivity index is 1.63. The fourth-order valence-electron chi connectivity index (χ4n) is 2.16. The number of furan rings is 1. The fourth-order valence-corrected chi connectivity index (χ4v) is 2.81. The summed E-state index contributed by atoms with van der Waals surface area (Å²) in [5, 5.41) is 11.1. The first-order chi connectivity index (χ1) is 12.6. The number of benzene rings is 1. The van der Waals surface area contributed by atoms with Gasteiger partial charge in [0.05, 0.1) is 26.2 Å². The highest BCUT2D eigenvalue weighted by Gasteiger charge is 2.15. The van der Waals surface area contributed by atoms with Gasteiger partial charge in [-0.2, -0.15) is 0 Å². The molecule has 0 fully saturated rings. The standard InChI is InChI=1S/C16H17N5O4S/c1-23-11-6-10(7-12(8-11)24-2)18-14(22)9-26-16-20-19-15(21(16)17)13-4-3-5-25-13/h3-8H,9,17H2,1-2H3,(H,18,22). The van der Waals surface area contributed by atoms with Crippen molar-refractivity contribution in [3.05, 3.63) is 36.6 Å². The zero-order chi connectivity index (χ0) is 18.5. The molecular weight excluding hydrogens is 358 g/mol. The number of nitrogens with zero attached hydrogens (tertiary/aromatic N) is 3. The number of methoxy groups -OCH3 is 2. The minimum absolute atomic E-state index is 0.104.